The van der Waals surface area contributed by atoms with Crippen LogP contribution in [0.25, 0.3) is 0 Å². The molecule has 0 aliphatic rings. The van der Waals surface area contributed by atoms with Gasteiger partial charge in [-0.25, -0.2) is 0 Å². The van der Waals surface area contributed by atoms with Gasteiger partial charge in [0, 0.05) is 18.6 Å². The largest absolute Gasteiger partial charge is 0.381 e. The van der Waals surface area contributed by atoms with Crippen LogP contribution in [0, 0.1) is 5.41 Å². The third-order valence-electron chi connectivity index (χ3n) is 4.07. The normalized spacial score (nSPS) is 11.6. The molecule has 0 aromatic heterocycles. The standard InChI is InChI=1S/C21H28O2/c1-3-22-17-21(18-23-4-2,15-19-11-7-5-8-12-19)16-20-13-9-6-10-14-20/h5-14H,3-4,15-18H2,1-2H3. The van der Waals surface area contributed by atoms with Crippen LogP contribution in [0.3, 0.4) is 0 Å². The smallest absolute Gasteiger partial charge is 0.0550 e. The van der Waals surface area contributed by atoms with Crippen LogP contribution >= 0.6 is 0 Å². The quantitative estimate of drug-likeness (QED) is 0.641. The van der Waals surface area contributed by atoms with Gasteiger partial charge in [0.1, 0.15) is 0 Å². The molecule has 0 amide bonds. The van der Waals surface area contributed by atoms with Crippen molar-refractivity contribution in [1.29, 1.82) is 0 Å². The Kier molecular flexibility index (Phi) is 7.31. The van der Waals surface area contributed by atoms with Gasteiger partial charge < -0.3 is 9.47 Å². The Hall–Kier alpha value is -1.64. The highest BCUT2D eigenvalue weighted by atomic mass is 16.5. The molecule has 0 heterocycles. The van der Waals surface area contributed by atoms with Crippen molar-refractivity contribution in [1.82, 2.24) is 0 Å². The first kappa shape index (κ1) is 17.7. The van der Waals surface area contributed by atoms with E-state index in [4.69, 9.17) is 9.47 Å². The second-order valence-electron chi connectivity index (χ2n) is 6.10. The van der Waals surface area contributed by atoms with E-state index in [1.165, 1.54) is 11.1 Å². The van der Waals surface area contributed by atoms with E-state index in [-0.39, 0.29) is 5.41 Å². The van der Waals surface area contributed by atoms with Crippen LogP contribution < -0.4 is 0 Å². The van der Waals surface area contributed by atoms with Crippen LogP contribution in [0.1, 0.15) is 25.0 Å². The van der Waals surface area contributed by atoms with Gasteiger partial charge in [0.05, 0.1) is 13.2 Å². The molecule has 0 saturated carbocycles. The molecule has 0 bridgehead atoms. The summed E-state index contributed by atoms with van der Waals surface area (Å²) in [6, 6.07) is 21.3. The van der Waals surface area contributed by atoms with Crippen molar-refractivity contribution < 1.29 is 9.47 Å². The van der Waals surface area contributed by atoms with E-state index in [1.807, 2.05) is 0 Å². The Labute approximate surface area is 140 Å². The van der Waals surface area contributed by atoms with Crippen molar-refractivity contribution in [3.05, 3.63) is 71.8 Å². The second-order valence-corrected chi connectivity index (χ2v) is 6.10. The Bertz CT molecular complexity index is 485. The Morgan fingerprint density at radius 3 is 1.39 bits per heavy atom. The highest BCUT2D eigenvalue weighted by Gasteiger charge is 2.31. The highest BCUT2D eigenvalue weighted by molar-refractivity contribution is 5.21. The number of rotatable bonds is 10. The zero-order valence-electron chi connectivity index (χ0n) is 14.3. The summed E-state index contributed by atoms with van der Waals surface area (Å²) in [4.78, 5) is 0. The predicted octanol–water partition coefficient (Wildman–Crippen LogP) is 4.53. The van der Waals surface area contributed by atoms with Gasteiger partial charge in [-0.05, 0) is 37.8 Å². The van der Waals surface area contributed by atoms with E-state index in [0.717, 1.165) is 26.1 Å². The van der Waals surface area contributed by atoms with Crippen molar-refractivity contribution >= 4 is 0 Å². The zero-order valence-corrected chi connectivity index (χ0v) is 14.3. The summed E-state index contributed by atoms with van der Waals surface area (Å²) < 4.78 is 11.7. The Morgan fingerprint density at radius 2 is 1.04 bits per heavy atom. The molecule has 2 nitrogen and oxygen atoms in total. The highest BCUT2D eigenvalue weighted by Crippen LogP contribution is 2.29. The van der Waals surface area contributed by atoms with Gasteiger partial charge >= 0.3 is 0 Å². The van der Waals surface area contributed by atoms with E-state index >= 15 is 0 Å². The molecule has 0 fully saturated rings. The minimum atomic E-state index is -0.0330. The maximum Gasteiger partial charge on any atom is 0.0550 e. The SMILES string of the molecule is CCOCC(COCC)(Cc1ccccc1)Cc1ccccc1. The summed E-state index contributed by atoms with van der Waals surface area (Å²) in [7, 11) is 0. The molecule has 2 aromatic carbocycles. The monoisotopic (exact) mass is 312 g/mol. The topological polar surface area (TPSA) is 18.5 Å². The van der Waals surface area contributed by atoms with Crippen LogP contribution in [-0.2, 0) is 22.3 Å². The molecular weight excluding hydrogens is 284 g/mol. The lowest BCUT2D eigenvalue weighted by molar-refractivity contribution is -0.0167. The van der Waals surface area contributed by atoms with E-state index < -0.39 is 0 Å². The van der Waals surface area contributed by atoms with Crippen LogP contribution in [0.15, 0.2) is 60.7 Å². The van der Waals surface area contributed by atoms with E-state index in [9.17, 15) is 0 Å². The lowest BCUT2D eigenvalue weighted by atomic mass is 9.77. The maximum absolute atomic E-state index is 5.86. The third-order valence-corrected chi connectivity index (χ3v) is 4.07. The van der Waals surface area contributed by atoms with Gasteiger partial charge in [-0.15, -0.1) is 0 Å². The van der Waals surface area contributed by atoms with Crippen LogP contribution in [0.2, 0.25) is 0 Å². The summed E-state index contributed by atoms with van der Waals surface area (Å²) in [6.07, 6.45) is 1.92. The van der Waals surface area contributed by atoms with E-state index in [1.54, 1.807) is 0 Å². The van der Waals surface area contributed by atoms with Crippen molar-refractivity contribution in [2.75, 3.05) is 26.4 Å². The first-order chi connectivity index (χ1) is 11.3. The number of ether oxygens (including phenoxy) is 2. The summed E-state index contributed by atoms with van der Waals surface area (Å²) in [5, 5.41) is 0. The first-order valence-electron chi connectivity index (χ1n) is 8.51. The molecule has 0 spiro atoms. The third kappa shape index (κ3) is 5.81. The molecule has 2 heteroatoms. The molecular formula is C21H28O2. The minimum absolute atomic E-state index is 0.0330. The summed E-state index contributed by atoms with van der Waals surface area (Å²) in [5.74, 6) is 0. The van der Waals surface area contributed by atoms with Gasteiger partial charge in [0.15, 0.2) is 0 Å². The summed E-state index contributed by atoms with van der Waals surface area (Å²) in [5.41, 5.74) is 2.64. The average Bonchev–Trinajstić information content (AvgIpc) is 2.60. The fraction of sp³-hybridized carbons (Fsp3) is 0.429. The molecule has 124 valence electrons. The molecule has 23 heavy (non-hydrogen) atoms. The van der Waals surface area contributed by atoms with Crippen LogP contribution in [0.4, 0.5) is 0 Å². The molecule has 0 atom stereocenters. The molecule has 0 unspecified atom stereocenters. The number of hydrogen-bond donors (Lipinski definition) is 0. The molecule has 0 radical (unpaired) electrons. The van der Waals surface area contributed by atoms with Crippen molar-refractivity contribution in [2.24, 2.45) is 5.41 Å². The van der Waals surface area contributed by atoms with E-state index in [0.29, 0.717) is 13.2 Å². The number of benzene rings is 2. The zero-order chi connectivity index (χ0) is 16.4. The van der Waals surface area contributed by atoms with Crippen molar-refractivity contribution in [3.63, 3.8) is 0 Å². The van der Waals surface area contributed by atoms with Gasteiger partial charge in [-0.1, -0.05) is 60.7 Å². The molecule has 0 N–H and O–H groups in total. The molecule has 2 rings (SSSR count). The van der Waals surface area contributed by atoms with Gasteiger partial charge in [-0.2, -0.15) is 0 Å². The molecule has 0 aliphatic carbocycles. The first-order valence-corrected chi connectivity index (χ1v) is 8.51. The van der Waals surface area contributed by atoms with E-state index in [2.05, 4.69) is 74.5 Å². The summed E-state index contributed by atoms with van der Waals surface area (Å²) >= 11 is 0. The fourth-order valence-corrected chi connectivity index (χ4v) is 3.00. The van der Waals surface area contributed by atoms with Gasteiger partial charge in [-0.3, -0.25) is 0 Å². The molecule has 0 saturated heterocycles. The lowest BCUT2D eigenvalue weighted by Gasteiger charge is -2.34. The van der Waals surface area contributed by atoms with Crippen LogP contribution in [0.5, 0.6) is 0 Å². The minimum Gasteiger partial charge on any atom is -0.381 e. The molecule has 0 aliphatic heterocycles. The summed E-state index contributed by atoms with van der Waals surface area (Å²) in [6.45, 7) is 7.00. The Balaban J connectivity index is 2.24. The second kappa shape index (κ2) is 9.49. The fourth-order valence-electron chi connectivity index (χ4n) is 3.00. The van der Waals surface area contributed by atoms with Crippen molar-refractivity contribution in [3.8, 4) is 0 Å². The Morgan fingerprint density at radius 1 is 0.652 bits per heavy atom. The predicted molar refractivity (Wildman–Crippen MR) is 95.7 cm³/mol. The lowest BCUT2D eigenvalue weighted by Crippen LogP contribution is -2.37. The van der Waals surface area contributed by atoms with Gasteiger partial charge in [0.25, 0.3) is 0 Å². The average molecular weight is 312 g/mol. The van der Waals surface area contributed by atoms with Gasteiger partial charge in [0.2, 0.25) is 0 Å². The maximum atomic E-state index is 5.86. The molecule has 2 aromatic rings. The van der Waals surface area contributed by atoms with Crippen LogP contribution in [-0.4, -0.2) is 26.4 Å². The number of hydrogen-bond acceptors (Lipinski definition) is 2. The van der Waals surface area contributed by atoms with Crippen molar-refractivity contribution in [2.45, 2.75) is 26.7 Å².